The molecule has 1 rings (SSSR count). The third-order valence-electron chi connectivity index (χ3n) is 2.78. The third kappa shape index (κ3) is 3.56. The summed E-state index contributed by atoms with van der Waals surface area (Å²) in [6.07, 6.45) is 1.03. The number of hydrogen-bond acceptors (Lipinski definition) is 2. The van der Waals surface area contributed by atoms with E-state index in [2.05, 4.69) is 24.4 Å². The molecule has 1 aromatic carbocycles. The van der Waals surface area contributed by atoms with Gasteiger partial charge in [0.25, 0.3) is 0 Å². The van der Waals surface area contributed by atoms with Crippen molar-refractivity contribution in [2.45, 2.75) is 45.8 Å². The van der Waals surface area contributed by atoms with Crippen molar-refractivity contribution < 1.29 is 5.11 Å². The average Bonchev–Trinajstić information content (AvgIpc) is 2.16. The van der Waals surface area contributed by atoms with Crippen LogP contribution in [0.3, 0.4) is 0 Å². The van der Waals surface area contributed by atoms with Gasteiger partial charge < -0.3 is 10.4 Å². The Morgan fingerprint density at radius 3 is 2.60 bits per heavy atom. The molecular weight excluding hydrogens is 186 g/mol. The van der Waals surface area contributed by atoms with E-state index in [4.69, 9.17) is 0 Å². The highest BCUT2D eigenvalue weighted by atomic mass is 16.3. The highest BCUT2D eigenvalue weighted by molar-refractivity contribution is 5.46. The molecule has 1 unspecified atom stereocenters. The molecule has 0 aliphatic rings. The van der Waals surface area contributed by atoms with Crippen molar-refractivity contribution in [1.82, 2.24) is 0 Å². The van der Waals surface area contributed by atoms with Gasteiger partial charge in [0.1, 0.15) is 0 Å². The summed E-state index contributed by atoms with van der Waals surface area (Å²) in [6, 6.07) is 8.34. The SMILES string of the molecule is CCc1cccc(NC(C)C(C)(C)O)c1. The monoisotopic (exact) mass is 207 g/mol. The van der Waals surface area contributed by atoms with Crippen molar-refractivity contribution in [3.63, 3.8) is 0 Å². The molecule has 1 aromatic rings. The first-order valence-electron chi connectivity index (χ1n) is 5.51. The summed E-state index contributed by atoms with van der Waals surface area (Å²) in [4.78, 5) is 0. The van der Waals surface area contributed by atoms with E-state index in [1.54, 1.807) is 0 Å². The third-order valence-corrected chi connectivity index (χ3v) is 2.78. The second-order valence-electron chi connectivity index (χ2n) is 4.57. The minimum Gasteiger partial charge on any atom is -0.388 e. The lowest BCUT2D eigenvalue weighted by molar-refractivity contribution is 0.0649. The first-order valence-corrected chi connectivity index (χ1v) is 5.51. The van der Waals surface area contributed by atoms with Crippen molar-refractivity contribution >= 4 is 5.69 Å². The molecule has 1 atom stereocenters. The molecule has 0 heterocycles. The molecule has 2 N–H and O–H groups in total. The lowest BCUT2D eigenvalue weighted by Gasteiger charge is -2.27. The van der Waals surface area contributed by atoms with E-state index in [1.807, 2.05) is 32.9 Å². The van der Waals surface area contributed by atoms with Crippen LogP contribution in [0.25, 0.3) is 0 Å². The number of nitrogens with one attached hydrogen (secondary N) is 1. The standard InChI is InChI=1S/C13H21NO/c1-5-11-7-6-8-12(9-11)14-10(2)13(3,4)15/h6-10,14-15H,5H2,1-4H3. The molecule has 0 spiro atoms. The fourth-order valence-corrected chi connectivity index (χ4v) is 1.31. The zero-order chi connectivity index (χ0) is 11.5. The Labute approximate surface area is 92.3 Å². The quantitative estimate of drug-likeness (QED) is 0.795. The number of hydrogen-bond donors (Lipinski definition) is 2. The molecule has 0 aliphatic carbocycles. The van der Waals surface area contributed by atoms with E-state index in [9.17, 15) is 5.11 Å². The summed E-state index contributed by atoms with van der Waals surface area (Å²) >= 11 is 0. The molecule has 2 nitrogen and oxygen atoms in total. The molecule has 0 bridgehead atoms. The summed E-state index contributed by atoms with van der Waals surface area (Å²) in [7, 11) is 0. The summed E-state index contributed by atoms with van der Waals surface area (Å²) in [5, 5.41) is 13.1. The van der Waals surface area contributed by atoms with Crippen LogP contribution in [0, 0.1) is 0 Å². The average molecular weight is 207 g/mol. The number of rotatable bonds is 4. The number of benzene rings is 1. The Kier molecular flexibility index (Phi) is 3.75. The van der Waals surface area contributed by atoms with Crippen LogP contribution in [0.1, 0.15) is 33.3 Å². The largest absolute Gasteiger partial charge is 0.388 e. The lowest BCUT2D eigenvalue weighted by Crippen LogP contribution is -2.39. The highest BCUT2D eigenvalue weighted by Crippen LogP contribution is 2.17. The van der Waals surface area contributed by atoms with Gasteiger partial charge in [-0.3, -0.25) is 0 Å². The number of aryl methyl sites for hydroxylation is 1. The Bertz CT molecular complexity index is 315. The second kappa shape index (κ2) is 4.67. The van der Waals surface area contributed by atoms with Gasteiger partial charge in [-0.1, -0.05) is 19.1 Å². The van der Waals surface area contributed by atoms with Gasteiger partial charge in [-0.25, -0.2) is 0 Å². The molecule has 0 aromatic heterocycles. The molecule has 0 saturated heterocycles. The maximum atomic E-state index is 9.81. The topological polar surface area (TPSA) is 32.3 Å². The maximum absolute atomic E-state index is 9.81. The molecule has 0 saturated carbocycles. The lowest BCUT2D eigenvalue weighted by atomic mass is 10.0. The summed E-state index contributed by atoms with van der Waals surface area (Å²) in [6.45, 7) is 7.75. The van der Waals surface area contributed by atoms with Gasteiger partial charge in [0, 0.05) is 5.69 Å². The smallest absolute Gasteiger partial charge is 0.0789 e. The van der Waals surface area contributed by atoms with E-state index in [0.717, 1.165) is 12.1 Å². The predicted octanol–water partition coefficient (Wildman–Crippen LogP) is 2.82. The van der Waals surface area contributed by atoms with Gasteiger partial charge in [0.05, 0.1) is 11.6 Å². The first kappa shape index (κ1) is 12.1. The van der Waals surface area contributed by atoms with Gasteiger partial charge in [-0.05, 0) is 44.9 Å². The van der Waals surface area contributed by atoms with Crippen molar-refractivity contribution in [1.29, 1.82) is 0 Å². The molecule has 0 fully saturated rings. The molecular formula is C13H21NO. The van der Waals surface area contributed by atoms with Crippen molar-refractivity contribution in [3.05, 3.63) is 29.8 Å². The predicted molar refractivity (Wildman–Crippen MR) is 65.2 cm³/mol. The Morgan fingerprint density at radius 2 is 2.07 bits per heavy atom. The van der Waals surface area contributed by atoms with Crippen molar-refractivity contribution in [2.24, 2.45) is 0 Å². The van der Waals surface area contributed by atoms with Crippen LogP contribution < -0.4 is 5.32 Å². The Balaban J connectivity index is 2.72. The van der Waals surface area contributed by atoms with E-state index in [0.29, 0.717) is 0 Å². The van der Waals surface area contributed by atoms with Gasteiger partial charge in [-0.15, -0.1) is 0 Å². The minimum absolute atomic E-state index is 0.0320. The molecule has 0 aliphatic heterocycles. The van der Waals surface area contributed by atoms with Gasteiger partial charge in [0.2, 0.25) is 0 Å². The van der Waals surface area contributed by atoms with E-state index in [1.165, 1.54) is 5.56 Å². The fraction of sp³-hybridized carbons (Fsp3) is 0.538. The van der Waals surface area contributed by atoms with Crippen LogP contribution in [0.4, 0.5) is 5.69 Å². The summed E-state index contributed by atoms with van der Waals surface area (Å²) in [5.41, 5.74) is 1.68. The van der Waals surface area contributed by atoms with Crippen molar-refractivity contribution in [3.8, 4) is 0 Å². The normalized spacial score (nSPS) is 13.7. The first-order chi connectivity index (χ1) is 6.93. The Hall–Kier alpha value is -1.02. The van der Waals surface area contributed by atoms with Gasteiger partial charge >= 0.3 is 0 Å². The van der Waals surface area contributed by atoms with E-state index in [-0.39, 0.29) is 6.04 Å². The molecule has 0 radical (unpaired) electrons. The Morgan fingerprint density at radius 1 is 1.40 bits per heavy atom. The van der Waals surface area contributed by atoms with Crippen LogP contribution in [-0.2, 0) is 6.42 Å². The minimum atomic E-state index is -0.706. The van der Waals surface area contributed by atoms with Crippen LogP contribution in [0.15, 0.2) is 24.3 Å². The molecule has 15 heavy (non-hydrogen) atoms. The highest BCUT2D eigenvalue weighted by Gasteiger charge is 2.21. The molecule has 84 valence electrons. The van der Waals surface area contributed by atoms with Gasteiger partial charge in [0.15, 0.2) is 0 Å². The second-order valence-corrected chi connectivity index (χ2v) is 4.57. The van der Waals surface area contributed by atoms with Gasteiger partial charge in [-0.2, -0.15) is 0 Å². The summed E-state index contributed by atoms with van der Waals surface area (Å²) < 4.78 is 0. The van der Waals surface area contributed by atoms with E-state index < -0.39 is 5.60 Å². The van der Waals surface area contributed by atoms with Crippen LogP contribution in [-0.4, -0.2) is 16.7 Å². The maximum Gasteiger partial charge on any atom is 0.0789 e. The zero-order valence-corrected chi connectivity index (χ0v) is 10.0. The van der Waals surface area contributed by atoms with Crippen LogP contribution >= 0.6 is 0 Å². The van der Waals surface area contributed by atoms with Crippen molar-refractivity contribution in [2.75, 3.05) is 5.32 Å². The summed E-state index contributed by atoms with van der Waals surface area (Å²) in [5.74, 6) is 0. The molecule has 0 amide bonds. The van der Waals surface area contributed by atoms with E-state index >= 15 is 0 Å². The van der Waals surface area contributed by atoms with Crippen LogP contribution in [0.5, 0.6) is 0 Å². The number of anilines is 1. The zero-order valence-electron chi connectivity index (χ0n) is 10.0. The molecule has 2 heteroatoms. The van der Waals surface area contributed by atoms with Crippen LogP contribution in [0.2, 0.25) is 0 Å². The number of aliphatic hydroxyl groups is 1. The fourth-order valence-electron chi connectivity index (χ4n) is 1.31.